The highest BCUT2D eigenvalue weighted by Crippen LogP contribution is 2.36. The lowest BCUT2D eigenvalue weighted by atomic mass is 10.1. The van der Waals surface area contributed by atoms with E-state index in [-0.39, 0.29) is 6.04 Å². The smallest absolute Gasteiger partial charge is 0.350 e. The Labute approximate surface area is 120 Å². The minimum atomic E-state index is -4.35. The summed E-state index contributed by atoms with van der Waals surface area (Å²) in [7, 11) is 0. The van der Waals surface area contributed by atoms with Crippen LogP contribution in [0.15, 0.2) is 42.9 Å². The average Bonchev–Trinajstić information content (AvgIpc) is 2.97. The van der Waals surface area contributed by atoms with Gasteiger partial charge in [-0.15, -0.1) is 0 Å². The molecule has 0 unspecified atom stereocenters. The average molecular weight is 293 g/mol. The van der Waals surface area contributed by atoms with Gasteiger partial charge in [-0.25, -0.2) is 4.98 Å². The fourth-order valence-electron chi connectivity index (χ4n) is 2.70. The first-order chi connectivity index (χ1) is 10.1. The molecule has 0 amide bonds. The van der Waals surface area contributed by atoms with Crippen LogP contribution >= 0.6 is 0 Å². The van der Waals surface area contributed by atoms with E-state index < -0.39 is 11.7 Å². The van der Waals surface area contributed by atoms with Crippen molar-refractivity contribution in [1.82, 2.24) is 9.97 Å². The predicted molar refractivity (Wildman–Crippen MR) is 72.8 cm³/mol. The molecule has 1 fully saturated rings. The van der Waals surface area contributed by atoms with Crippen molar-refractivity contribution in [3.05, 3.63) is 54.0 Å². The van der Waals surface area contributed by atoms with E-state index in [0.29, 0.717) is 5.82 Å². The molecule has 0 aromatic carbocycles. The lowest BCUT2D eigenvalue weighted by Crippen LogP contribution is -2.23. The predicted octanol–water partition coefficient (Wildman–Crippen LogP) is 3.84. The van der Waals surface area contributed by atoms with Gasteiger partial charge < -0.3 is 4.90 Å². The van der Waals surface area contributed by atoms with Crippen LogP contribution in [-0.2, 0) is 6.18 Å². The van der Waals surface area contributed by atoms with Crippen molar-refractivity contribution in [2.45, 2.75) is 25.1 Å². The van der Waals surface area contributed by atoms with Crippen molar-refractivity contribution in [1.29, 1.82) is 0 Å². The molecule has 0 N–H and O–H groups in total. The van der Waals surface area contributed by atoms with E-state index in [1.165, 1.54) is 6.07 Å². The van der Waals surface area contributed by atoms with Crippen LogP contribution in [0.1, 0.15) is 30.0 Å². The zero-order valence-electron chi connectivity index (χ0n) is 11.2. The van der Waals surface area contributed by atoms with Crippen molar-refractivity contribution in [3.63, 3.8) is 0 Å². The van der Waals surface area contributed by atoms with Crippen LogP contribution in [0.5, 0.6) is 0 Å². The minimum Gasteiger partial charge on any atom is -0.350 e. The van der Waals surface area contributed by atoms with Gasteiger partial charge >= 0.3 is 6.18 Å². The molecule has 3 rings (SSSR count). The number of rotatable bonds is 2. The molecule has 1 aliphatic heterocycles. The number of alkyl halides is 3. The first kappa shape index (κ1) is 13.9. The molecule has 2 aromatic rings. The van der Waals surface area contributed by atoms with Crippen LogP contribution < -0.4 is 4.90 Å². The lowest BCUT2D eigenvalue weighted by Gasteiger charge is -2.26. The maximum atomic E-state index is 12.6. The highest BCUT2D eigenvalue weighted by atomic mass is 19.4. The number of hydrogen-bond acceptors (Lipinski definition) is 3. The van der Waals surface area contributed by atoms with Crippen molar-refractivity contribution in [3.8, 4) is 0 Å². The number of hydrogen-bond donors (Lipinski definition) is 0. The fourth-order valence-corrected chi connectivity index (χ4v) is 2.70. The van der Waals surface area contributed by atoms with E-state index in [9.17, 15) is 13.2 Å². The number of aromatic nitrogens is 2. The van der Waals surface area contributed by atoms with Gasteiger partial charge in [0.25, 0.3) is 0 Å². The third kappa shape index (κ3) is 2.84. The maximum absolute atomic E-state index is 12.6. The van der Waals surface area contributed by atoms with Crippen LogP contribution in [0.3, 0.4) is 0 Å². The molecule has 1 aliphatic rings. The molecule has 0 spiro atoms. The zero-order valence-corrected chi connectivity index (χ0v) is 11.2. The summed E-state index contributed by atoms with van der Waals surface area (Å²) in [6, 6.07) is 6.56. The second-order valence-corrected chi connectivity index (χ2v) is 5.03. The summed E-state index contributed by atoms with van der Waals surface area (Å²) in [6.45, 7) is 0.797. The lowest BCUT2D eigenvalue weighted by molar-refractivity contribution is -0.137. The van der Waals surface area contributed by atoms with Crippen LogP contribution in [0.25, 0.3) is 0 Å². The van der Waals surface area contributed by atoms with Gasteiger partial charge in [0.05, 0.1) is 11.6 Å². The van der Waals surface area contributed by atoms with E-state index in [1.54, 1.807) is 12.4 Å². The largest absolute Gasteiger partial charge is 0.417 e. The van der Waals surface area contributed by atoms with Gasteiger partial charge in [0.2, 0.25) is 0 Å². The van der Waals surface area contributed by atoms with Gasteiger partial charge in [-0.2, -0.15) is 13.2 Å². The van der Waals surface area contributed by atoms with Gasteiger partial charge in [-0.05, 0) is 42.7 Å². The number of halogens is 3. The van der Waals surface area contributed by atoms with E-state index in [1.807, 2.05) is 12.1 Å². The summed E-state index contributed by atoms with van der Waals surface area (Å²) in [5.74, 6) is 0.585. The second kappa shape index (κ2) is 5.35. The van der Waals surface area contributed by atoms with E-state index in [2.05, 4.69) is 14.9 Å². The molecule has 2 aromatic heterocycles. The summed E-state index contributed by atoms with van der Waals surface area (Å²) in [5.41, 5.74) is 0.398. The summed E-state index contributed by atoms with van der Waals surface area (Å²) in [4.78, 5) is 10.0. The third-order valence-electron chi connectivity index (χ3n) is 3.71. The highest BCUT2D eigenvalue weighted by Gasteiger charge is 2.32. The van der Waals surface area contributed by atoms with Crippen LogP contribution in [-0.4, -0.2) is 16.5 Å². The van der Waals surface area contributed by atoms with Crippen molar-refractivity contribution >= 4 is 5.82 Å². The number of pyridine rings is 2. The second-order valence-electron chi connectivity index (χ2n) is 5.03. The van der Waals surface area contributed by atoms with Crippen molar-refractivity contribution < 1.29 is 13.2 Å². The number of anilines is 1. The Morgan fingerprint density at radius 1 is 1.10 bits per heavy atom. The molecule has 1 saturated heterocycles. The SMILES string of the molecule is FC(F)(F)c1ccc(N2CCC[C@@H]2c2ccncc2)nc1. The van der Waals surface area contributed by atoms with E-state index in [0.717, 1.165) is 37.2 Å². The standard InChI is InChI=1S/C15H14F3N3/c16-15(17,18)12-3-4-14(20-10-12)21-9-1-2-13(21)11-5-7-19-8-6-11/h3-8,10,13H,1-2,9H2/t13-/m1/s1. The quantitative estimate of drug-likeness (QED) is 0.842. The summed E-state index contributed by atoms with van der Waals surface area (Å²) in [5, 5.41) is 0. The molecule has 0 radical (unpaired) electrons. The molecular weight excluding hydrogens is 279 g/mol. The molecule has 1 atom stereocenters. The van der Waals surface area contributed by atoms with E-state index >= 15 is 0 Å². The van der Waals surface area contributed by atoms with Crippen LogP contribution in [0.4, 0.5) is 19.0 Å². The molecular formula is C15H14F3N3. The summed E-state index contributed by atoms with van der Waals surface area (Å²) < 4.78 is 37.7. The summed E-state index contributed by atoms with van der Waals surface area (Å²) >= 11 is 0. The Kier molecular flexibility index (Phi) is 3.53. The highest BCUT2D eigenvalue weighted by molar-refractivity contribution is 5.44. The Balaban J connectivity index is 1.86. The normalized spacial score (nSPS) is 19.0. The first-order valence-corrected chi connectivity index (χ1v) is 6.75. The van der Waals surface area contributed by atoms with Gasteiger partial charge in [-0.1, -0.05) is 0 Å². The molecule has 3 heterocycles. The first-order valence-electron chi connectivity index (χ1n) is 6.75. The monoisotopic (exact) mass is 293 g/mol. The minimum absolute atomic E-state index is 0.150. The molecule has 0 aliphatic carbocycles. The van der Waals surface area contributed by atoms with Gasteiger partial charge in [0.15, 0.2) is 0 Å². The zero-order chi connectivity index (χ0) is 14.9. The molecule has 6 heteroatoms. The van der Waals surface area contributed by atoms with E-state index in [4.69, 9.17) is 0 Å². The Morgan fingerprint density at radius 2 is 1.86 bits per heavy atom. The fraction of sp³-hybridized carbons (Fsp3) is 0.333. The molecule has 3 nitrogen and oxygen atoms in total. The van der Waals surface area contributed by atoms with Crippen LogP contribution in [0.2, 0.25) is 0 Å². The Bertz CT molecular complexity index is 596. The molecule has 110 valence electrons. The van der Waals surface area contributed by atoms with Crippen LogP contribution in [0, 0.1) is 0 Å². The van der Waals surface area contributed by atoms with Crippen molar-refractivity contribution in [2.24, 2.45) is 0 Å². The van der Waals surface area contributed by atoms with Gasteiger partial charge in [-0.3, -0.25) is 4.98 Å². The molecule has 0 bridgehead atoms. The third-order valence-corrected chi connectivity index (χ3v) is 3.71. The maximum Gasteiger partial charge on any atom is 0.417 e. The van der Waals surface area contributed by atoms with Gasteiger partial charge in [0, 0.05) is 25.1 Å². The summed E-state index contributed by atoms with van der Waals surface area (Å²) in [6.07, 6.45) is 1.97. The molecule has 0 saturated carbocycles. The Morgan fingerprint density at radius 3 is 2.48 bits per heavy atom. The Hall–Kier alpha value is -2.11. The van der Waals surface area contributed by atoms with Gasteiger partial charge in [0.1, 0.15) is 5.82 Å². The number of nitrogens with zero attached hydrogens (tertiary/aromatic N) is 3. The van der Waals surface area contributed by atoms with Crippen molar-refractivity contribution in [2.75, 3.05) is 11.4 Å². The molecule has 21 heavy (non-hydrogen) atoms. The topological polar surface area (TPSA) is 29.0 Å².